The topological polar surface area (TPSA) is 111 Å². The summed E-state index contributed by atoms with van der Waals surface area (Å²) in [6.07, 6.45) is -0.0150. The number of aliphatic hydroxyl groups excluding tert-OH is 1. The molecule has 2 aliphatic carbocycles. The Labute approximate surface area is 254 Å². The fraction of sp³-hybridized carbons (Fsp3) is 0.483. The third kappa shape index (κ3) is 6.28. The first-order valence-electron chi connectivity index (χ1n) is 14.4. The van der Waals surface area contributed by atoms with Crippen LogP contribution in [0.2, 0.25) is 0 Å². The van der Waals surface area contributed by atoms with Gasteiger partial charge in [-0.25, -0.2) is 9.97 Å². The van der Waals surface area contributed by atoms with Crippen LogP contribution in [0.4, 0.5) is 30.5 Å². The van der Waals surface area contributed by atoms with Gasteiger partial charge in [-0.1, -0.05) is 0 Å². The second kappa shape index (κ2) is 12.1. The molecular weight excluding hydrogens is 601 g/mol. The Morgan fingerprint density at radius 3 is 2.51 bits per heavy atom. The molecule has 0 radical (unpaired) electrons. The molecule has 230 valence electrons. The van der Waals surface area contributed by atoms with E-state index in [1.807, 2.05) is 12.1 Å². The van der Waals surface area contributed by atoms with Crippen LogP contribution in [-0.4, -0.2) is 81.7 Å². The third-order valence-electron chi connectivity index (χ3n) is 8.01. The van der Waals surface area contributed by atoms with Gasteiger partial charge in [0, 0.05) is 69.2 Å². The van der Waals surface area contributed by atoms with Gasteiger partial charge in [-0.2, -0.15) is 13.2 Å². The van der Waals surface area contributed by atoms with Gasteiger partial charge in [-0.05, 0) is 61.4 Å². The minimum Gasteiger partial charge on any atom is -0.400 e. The summed E-state index contributed by atoms with van der Waals surface area (Å²) in [7, 11) is -0.487. The van der Waals surface area contributed by atoms with Gasteiger partial charge < -0.3 is 25.5 Å². The number of fused-ring (bicyclic) bond motifs is 1. The van der Waals surface area contributed by atoms with Crippen molar-refractivity contribution < 1.29 is 27.3 Å². The van der Waals surface area contributed by atoms with E-state index in [0.717, 1.165) is 93.4 Å². The first kappa shape index (κ1) is 30.0. The van der Waals surface area contributed by atoms with Crippen molar-refractivity contribution in [2.45, 2.75) is 48.7 Å². The Bertz CT molecular complexity index is 1530. The van der Waals surface area contributed by atoms with E-state index in [1.165, 1.54) is 6.07 Å². The van der Waals surface area contributed by atoms with Crippen molar-refractivity contribution in [2.75, 3.05) is 55.8 Å². The van der Waals surface area contributed by atoms with Gasteiger partial charge in [0.1, 0.15) is 10.4 Å². The van der Waals surface area contributed by atoms with Crippen LogP contribution in [0.15, 0.2) is 35.4 Å². The van der Waals surface area contributed by atoms with Gasteiger partial charge in [-0.15, -0.1) is 11.3 Å². The van der Waals surface area contributed by atoms with Crippen LogP contribution in [0.5, 0.6) is 0 Å². The Morgan fingerprint density at radius 2 is 1.84 bits per heavy atom. The molecule has 2 aliphatic heterocycles. The maximum absolute atomic E-state index is 14.1. The summed E-state index contributed by atoms with van der Waals surface area (Å²) in [6, 6.07) is 7.71. The number of nitrogens with one attached hydrogen (secondary N) is 2. The van der Waals surface area contributed by atoms with E-state index in [1.54, 1.807) is 4.90 Å². The number of alkyl halides is 3. The highest BCUT2D eigenvalue weighted by molar-refractivity contribution is 7.85. The average molecular weight is 635 g/mol. The highest BCUT2D eigenvalue weighted by Crippen LogP contribution is 2.46. The Balaban J connectivity index is 0.00000161. The van der Waals surface area contributed by atoms with Crippen LogP contribution in [0, 0.1) is 0 Å². The minimum atomic E-state index is -4.71. The average Bonchev–Trinajstić information content (AvgIpc) is 3.96. The van der Waals surface area contributed by atoms with E-state index >= 15 is 0 Å². The van der Waals surface area contributed by atoms with Crippen molar-refractivity contribution in [3.05, 3.63) is 46.5 Å². The molecule has 14 heteroatoms. The summed E-state index contributed by atoms with van der Waals surface area (Å²) in [5, 5.41) is 13.5. The zero-order chi connectivity index (χ0) is 30.3. The van der Waals surface area contributed by atoms with Crippen molar-refractivity contribution in [2.24, 2.45) is 0 Å². The SMILES string of the molecule is CO.O=C1c2sc(-c3nc(Nc4ccc(N5CCNCC5)cc4C4CC4)ncc3C(F)(F)F)cc2S(=O)CCN1C1CC1. The molecule has 4 heterocycles. The first-order valence-corrected chi connectivity index (χ1v) is 16.5. The van der Waals surface area contributed by atoms with Crippen LogP contribution in [0.25, 0.3) is 10.6 Å². The van der Waals surface area contributed by atoms with Crippen LogP contribution < -0.4 is 15.5 Å². The van der Waals surface area contributed by atoms with E-state index in [-0.39, 0.29) is 39.1 Å². The number of thiophene rings is 1. The fourth-order valence-corrected chi connectivity index (χ4v) is 8.16. The molecule has 0 bridgehead atoms. The maximum Gasteiger partial charge on any atom is 0.420 e. The monoisotopic (exact) mass is 634 g/mol. The Hall–Kier alpha value is -3.07. The second-order valence-corrected chi connectivity index (χ2v) is 13.5. The van der Waals surface area contributed by atoms with Crippen LogP contribution in [-0.2, 0) is 17.0 Å². The molecule has 2 aromatic heterocycles. The number of anilines is 3. The number of aromatic nitrogens is 2. The molecule has 3 aromatic rings. The minimum absolute atomic E-state index is 0.0421. The summed E-state index contributed by atoms with van der Waals surface area (Å²) >= 11 is 0.931. The molecule has 1 atom stereocenters. The smallest absolute Gasteiger partial charge is 0.400 e. The highest BCUT2D eigenvalue weighted by Gasteiger charge is 2.40. The maximum atomic E-state index is 14.1. The lowest BCUT2D eigenvalue weighted by molar-refractivity contribution is -0.137. The summed E-state index contributed by atoms with van der Waals surface area (Å²) in [5.74, 6) is 0.435. The summed E-state index contributed by atoms with van der Waals surface area (Å²) in [4.78, 5) is 26.4. The number of nitrogens with zero attached hydrogens (tertiary/aromatic N) is 4. The number of rotatable bonds is 6. The first-order chi connectivity index (χ1) is 20.8. The van der Waals surface area contributed by atoms with E-state index < -0.39 is 22.5 Å². The second-order valence-electron chi connectivity index (χ2n) is 10.9. The van der Waals surface area contributed by atoms with Gasteiger partial charge in [0.05, 0.1) is 26.3 Å². The Kier molecular flexibility index (Phi) is 8.46. The highest BCUT2D eigenvalue weighted by atomic mass is 32.2. The van der Waals surface area contributed by atoms with Crippen LogP contribution in [0.3, 0.4) is 0 Å². The number of amides is 1. The van der Waals surface area contributed by atoms with Crippen LogP contribution in [0.1, 0.15) is 52.4 Å². The van der Waals surface area contributed by atoms with Crippen molar-refractivity contribution in [1.29, 1.82) is 0 Å². The molecule has 9 nitrogen and oxygen atoms in total. The molecule has 1 amide bonds. The molecule has 43 heavy (non-hydrogen) atoms. The lowest BCUT2D eigenvalue weighted by Gasteiger charge is -2.30. The number of carbonyl (C=O) groups excluding carboxylic acids is 1. The number of piperazine rings is 1. The molecule has 1 aromatic carbocycles. The van der Waals surface area contributed by atoms with Gasteiger partial charge in [-0.3, -0.25) is 9.00 Å². The van der Waals surface area contributed by atoms with E-state index in [2.05, 4.69) is 31.6 Å². The number of benzene rings is 1. The fourth-order valence-electron chi connectivity index (χ4n) is 5.54. The molecule has 0 spiro atoms. The van der Waals surface area contributed by atoms with Gasteiger partial charge in [0.2, 0.25) is 5.95 Å². The standard InChI is InChI=1S/C28H29F3N6O2S2.CH4O/c29-28(30,31)20-15-33-27(34-21-6-5-18(13-19(21)16-1-2-16)36-9-7-32-8-10-36)35-24(20)22-14-23-25(40-22)26(38)37(17-3-4-17)11-12-41(23)39;1-2/h5-6,13-17,32H,1-4,7-12H2,(H,33,34,35);2H,1H3. The van der Waals surface area contributed by atoms with Gasteiger partial charge in [0.25, 0.3) is 5.91 Å². The number of carbonyl (C=O) groups is 1. The van der Waals surface area contributed by atoms with Crippen molar-refractivity contribution in [1.82, 2.24) is 20.2 Å². The quantitative estimate of drug-likeness (QED) is 0.362. The van der Waals surface area contributed by atoms with E-state index in [4.69, 9.17) is 5.11 Å². The van der Waals surface area contributed by atoms with Crippen molar-refractivity contribution in [3.8, 4) is 10.6 Å². The summed E-state index contributed by atoms with van der Waals surface area (Å²) in [5.41, 5.74) is 1.70. The zero-order valence-corrected chi connectivity index (χ0v) is 25.2. The molecular formula is C29H33F3N6O3S2. The lowest BCUT2D eigenvalue weighted by Crippen LogP contribution is -2.43. The molecule has 7 rings (SSSR count). The largest absolute Gasteiger partial charge is 0.420 e. The summed E-state index contributed by atoms with van der Waals surface area (Å²) < 4.78 is 55.4. The van der Waals surface area contributed by atoms with E-state index in [0.29, 0.717) is 17.4 Å². The molecule has 2 saturated carbocycles. The van der Waals surface area contributed by atoms with Gasteiger partial charge >= 0.3 is 6.18 Å². The number of hydrogen-bond donors (Lipinski definition) is 3. The lowest BCUT2D eigenvalue weighted by atomic mass is 10.1. The molecule has 1 saturated heterocycles. The van der Waals surface area contributed by atoms with Crippen LogP contribution >= 0.6 is 11.3 Å². The molecule has 3 fully saturated rings. The van der Waals surface area contributed by atoms with Crippen molar-refractivity contribution >= 4 is 45.4 Å². The predicted octanol–water partition coefficient (Wildman–Crippen LogP) is 4.59. The molecule has 4 aliphatic rings. The van der Waals surface area contributed by atoms with Crippen molar-refractivity contribution in [3.63, 3.8) is 0 Å². The molecule has 1 unspecified atom stereocenters. The number of hydrogen-bond acceptors (Lipinski definition) is 9. The number of halogens is 3. The van der Waals surface area contributed by atoms with Gasteiger partial charge in [0.15, 0.2) is 0 Å². The Morgan fingerprint density at radius 1 is 1.09 bits per heavy atom. The number of aliphatic hydroxyl groups is 1. The third-order valence-corrected chi connectivity index (χ3v) is 10.6. The molecule has 3 N–H and O–H groups in total. The van der Waals surface area contributed by atoms with E-state index in [9.17, 15) is 22.2 Å². The summed E-state index contributed by atoms with van der Waals surface area (Å²) in [6.45, 7) is 4.06. The predicted molar refractivity (Wildman–Crippen MR) is 161 cm³/mol. The normalized spacial score (nSPS) is 20.7. The zero-order valence-electron chi connectivity index (χ0n) is 23.6.